The van der Waals surface area contributed by atoms with Crippen LogP contribution in [0.4, 0.5) is 0 Å². The monoisotopic (exact) mass is 585 g/mol. The zero-order valence-electron chi connectivity index (χ0n) is 27.7. The molecule has 0 aliphatic carbocycles. The predicted octanol–water partition coefficient (Wildman–Crippen LogP) is 10.8. The summed E-state index contributed by atoms with van der Waals surface area (Å²) >= 11 is 0. The fourth-order valence-corrected chi connectivity index (χ4v) is 5.31. The van der Waals surface area contributed by atoms with Gasteiger partial charge in [-0.1, -0.05) is 127 Å². The molecule has 0 aromatic heterocycles. The quantitative estimate of drug-likeness (QED) is 0.0627. The van der Waals surface area contributed by atoms with Crippen molar-refractivity contribution in [3.05, 3.63) is 48.6 Å². The van der Waals surface area contributed by atoms with Crippen LogP contribution in [0.25, 0.3) is 0 Å². The summed E-state index contributed by atoms with van der Waals surface area (Å²) in [7, 11) is 0. The SMILES string of the molecule is CCCCC/C=C\C/C=C\CCCCCCC(CCC(CCCCCC/C=C\C/C=C\CCCCC)C(N)=O)C(N)=O. The summed E-state index contributed by atoms with van der Waals surface area (Å²) in [4.78, 5) is 24.1. The van der Waals surface area contributed by atoms with Crippen molar-refractivity contribution in [3.8, 4) is 0 Å². The summed E-state index contributed by atoms with van der Waals surface area (Å²) in [6.07, 6.45) is 44.8. The second-order valence-corrected chi connectivity index (χ2v) is 12.1. The zero-order chi connectivity index (χ0) is 30.9. The van der Waals surface area contributed by atoms with Gasteiger partial charge in [-0.25, -0.2) is 0 Å². The Bertz CT molecular complexity index is 675. The number of amides is 2. The Labute approximate surface area is 260 Å². The van der Waals surface area contributed by atoms with Crippen LogP contribution in [0.3, 0.4) is 0 Å². The molecule has 0 heterocycles. The molecular weight excluding hydrogens is 516 g/mol. The highest BCUT2D eigenvalue weighted by atomic mass is 16.1. The summed E-state index contributed by atoms with van der Waals surface area (Å²) in [5.74, 6) is -0.754. The number of primary amides is 2. The van der Waals surface area contributed by atoms with Gasteiger partial charge in [-0.3, -0.25) is 9.59 Å². The van der Waals surface area contributed by atoms with E-state index in [1.807, 2.05) is 0 Å². The van der Waals surface area contributed by atoms with Crippen molar-refractivity contribution in [2.24, 2.45) is 23.3 Å². The summed E-state index contributed by atoms with van der Waals surface area (Å²) in [5, 5.41) is 0. The average Bonchev–Trinajstić information content (AvgIpc) is 2.97. The smallest absolute Gasteiger partial charge is 0.220 e. The molecule has 4 N–H and O–H groups in total. The van der Waals surface area contributed by atoms with E-state index in [1.54, 1.807) is 0 Å². The van der Waals surface area contributed by atoms with E-state index < -0.39 is 0 Å². The molecule has 0 spiro atoms. The molecule has 0 saturated heterocycles. The average molecular weight is 585 g/mol. The number of rotatable bonds is 31. The first kappa shape index (κ1) is 39.9. The number of allylic oxidation sites excluding steroid dienone is 8. The zero-order valence-corrected chi connectivity index (χ0v) is 27.7. The van der Waals surface area contributed by atoms with Crippen LogP contribution in [0.2, 0.25) is 0 Å². The van der Waals surface area contributed by atoms with Gasteiger partial charge in [-0.05, 0) is 89.9 Å². The summed E-state index contributed by atoms with van der Waals surface area (Å²) in [6.45, 7) is 4.48. The molecule has 0 aromatic rings. The van der Waals surface area contributed by atoms with Crippen LogP contribution < -0.4 is 11.5 Å². The lowest BCUT2D eigenvalue weighted by Crippen LogP contribution is -2.27. The highest BCUT2D eigenvalue weighted by molar-refractivity contribution is 5.78. The Kier molecular flexibility index (Phi) is 30.2. The van der Waals surface area contributed by atoms with Crippen molar-refractivity contribution in [1.29, 1.82) is 0 Å². The van der Waals surface area contributed by atoms with Crippen LogP contribution >= 0.6 is 0 Å². The highest BCUT2D eigenvalue weighted by Gasteiger charge is 2.20. The van der Waals surface area contributed by atoms with Gasteiger partial charge in [0.2, 0.25) is 11.8 Å². The van der Waals surface area contributed by atoms with E-state index in [9.17, 15) is 9.59 Å². The van der Waals surface area contributed by atoms with Crippen molar-refractivity contribution in [1.82, 2.24) is 0 Å². The molecule has 0 radical (unpaired) electrons. The molecule has 2 unspecified atom stereocenters. The maximum Gasteiger partial charge on any atom is 0.220 e. The molecule has 0 aliphatic heterocycles. The normalized spacial score (nSPS) is 13.7. The topological polar surface area (TPSA) is 86.2 Å². The van der Waals surface area contributed by atoms with Gasteiger partial charge in [-0.2, -0.15) is 0 Å². The number of hydrogen-bond donors (Lipinski definition) is 2. The molecule has 42 heavy (non-hydrogen) atoms. The first-order chi connectivity index (χ1) is 20.5. The first-order valence-electron chi connectivity index (χ1n) is 17.7. The lowest BCUT2D eigenvalue weighted by Gasteiger charge is -2.17. The van der Waals surface area contributed by atoms with Gasteiger partial charge in [0.05, 0.1) is 0 Å². The lowest BCUT2D eigenvalue weighted by atomic mass is 9.88. The maximum absolute atomic E-state index is 12.0. The van der Waals surface area contributed by atoms with Crippen molar-refractivity contribution in [2.75, 3.05) is 0 Å². The fraction of sp³-hybridized carbons (Fsp3) is 0.737. The van der Waals surface area contributed by atoms with E-state index >= 15 is 0 Å². The Hall–Kier alpha value is -2.10. The van der Waals surface area contributed by atoms with Gasteiger partial charge in [0, 0.05) is 11.8 Å². The minimum Gasteiger partial charge on any atom is -0.369 e. The van der Waals surface area contributed by atoms with Gasteiger partial charge in [-0.15, -0.1) is 0 Å². The van der Waals surface area contributed by atoms with Crippen LogP contribution in [-0.4, -0.2) is 11.8 Å². The number of carbonyl (C=O) groups excluding carboxylic acids is 2. The second-order valence-electron chi connectivity index (χ2n) is 12.1. The van der Waals surface area contributed by atoms with Crippen LogP contribution in [0.1, 0.15) is 168 Å². The molecule has 4 heteroatoms. The van der Waals surface area contributed by atoms with Gasteiger partial charge < -0.3 is 11.5 Å². The minimum atomic E-state index is -0.232. The number of carbonyl (C=O) groups is 2. The van der Waals surface area contributed by atoms with E-state index in [0.29, 0.717) is 12.8 Å². The standard InChI is InChI=1S/C38H68N2O2/c1-3-5-7-9-11-13-15-17-19-21-23-25-27-29-31-35(37(39)41)33-34-36(38(40)42)32-30-28-26-24-22-20-18-16-14-12-10-8-6-4-2/h11-14,17-20,35-36H,3-10,15-16,21-34H2,1-2H3,(H2,39,41)(H2,40,42)/b13-11-,14-12-,19-17-,20-18-. The summed E-state index contributed by atoms with van der Waals surface area (Å²) in [5.41, 5.74) is 11.4. The molecule has 242 valence electrons. The van der Waals surface area contributed by atoms with Crippen molar-refractivity contribution < 1.29 is 9.59 Å². The minimum absolute atomic E-state index is 0.145. The van der Waals surface area contributed by atoms with Crippen LogP contribution in [0.5, 0.6) is 0 Å². The van der Waals surface area contributed by atoms with E-state index in [4.69, 9.17) is 11.5 Å². The lowest BCUT2D eigenvalue weighted by molar-refractivity contribution is -0.124. The maximum atomic E-state index is 12.0. The third-order valence-electron chi connectivity index (χ3n) is 8.17. The number of unbranched alkanes of at least 4 members (excludes halogenated alkanes) is 14. The molecule has 0 aromatic carbocycles. The highest BCUT2D eigenvalue weighted by Crippen LogP contribution is 2.23. The van der Waals surface area contributed by atoms with Gasteiger partial charge in [0.25, 0.3) is 0 Å². The molecule has 0 fully saturated rings. The molecule has 0 aliphatic rings. The van der Waals surface area contributed by atoms with Crippen molar-refractivity contribution in [2.45, 2.75) is 168 Å². The second kappa shape index (κ2) is 31.8. The molecule has 0 rings (SSSR count). The third kappa shape index (κ3) is 28.0. The van der Waals surface area contributed by atoms with Crippen LogP contribution in [-0.2, 0) is 9.59 Å². The van der Waals surface area contributed by atoms with Crippen molar-refractivity contribution >= 4 is 11.8 Å². The predicted molar refractivity (Wildman–Crippen MR) is 184 cm³/mol. The molecular formula is C38H68N2O2. The Morgan fingerprint density at radius 3 is 1.05 bits per heavy atom. The van der Waals surface area contributed by atoms with Gasteiger partial charge in [0.15, 0.2) is 0 Å². The largest absolute Gasteiger partial charge is 0.369 e. The van der Waals surface area contributed by atoms with Gasteiger partial charge >= 0.3 is 0 Å². The fourth-order valence-electron chi connectivity index (χ4n) is 5.31. The molecule has 4 nitrogen and oxygen atoms in total. The van der Waals surface area contributed by atoms with Crippen LogP contribution in [0.15, 0.2) is 48.6 Å². The van der Waals surface area contributed by atoms with Crippen molar-refractivity contribution in [3.63, 3.8) is 0 Å². The number of hydrogen-bond acceptors (Lipinski definition) is 2. The molecule has 0 saturated carbocycles. The molecule has 2 amide bonds. The Balaban J connectivity index is 3.94. The van der Waals surface area contributed by atoms with E-state index in [1.165, 1.54) is 77.0 Å². The summed E-state index contributed by atoms with van der Waals surface area (Å²) < 4.78 is 0. The van der Waals surface area contributed by atoms with Crippen LogP contribution in [0, 0.1) is 11.8 Å². The molecule has 0 bridgehead atoms. The third-order valence-corrected chi connectivity index (χ3v) is 8.17. The van der Waals surface area contributed by atoms with E-state index in [2.05, 4.69) is 62.5 Å². The molecule has 2 atom stereocenters. The summed E-state index contributed by atoms with van der Waals surface area (Å²) in [6, 6.07) is 0. The number of nitrogens with two attached hydrogens (primary N) is 2. The Morgan fingerprint density at radius 2 is 0.738 bits per heavy atom. The Morgan fingerprint density at radius 1 is 0.429 bits per heavy atom. The van der Waals surface area contributed by atoms with Gasteiger partial charge in [0.1, 0.15) is 0 Å². The van der Waals surface area contributed by atoms with E-state index in [0.717, 1.165) is 64.2 Å². The van der Waals surface area contributed by atoms with E-state index in [-0.39, 0.29) is 23.7 Å². The first-order valence-corrected chi connectivity index (χ1v) is 17.7.